The number of nitrogens with zero attached hydrogens (tertiary/aromatic N) is 2. The Kier molecular flexibility index (Phi) is 9.73. The molecule has 0 radical (unpaired) electrons. The summed E-state index contributed by atoms with van der Waals surface area (Å²) in [6.07, 6.45) is 2.09. The summed E-state index contributed by atoms with van der Waals surface area (Å²) < 4.78 is 5.20. The van der Waals surface area contributed by atoms with Crippen molar-refractivity contribution in [3.63, 3.8) is 0 Å². The minimum absolute atomic E-state index is 0.0132. The Morgan fingerprint density at radius 1 is 0.914 bits per heavy atom. The molecule has 1 aliphatic heterocycles. The molecular formula is C29H41N3O3. The molecule has 2 aromatic rings. The highest BCUT2D eigenvalue weighted by atomic mass is 16.5. The summed E-state index contributed by atoms with van der Waals surface area (Å²) in [4.78, 5) is 30.0. The van der Waals surface area contributed by atoms with E-state index in [4.69, 9.17) is 4.74 Å². The monoisotopic (exact) mass is 479 g/mol. The van der Waals surface area contributed by atoms with Crippen LogP contribution in [-0.4, -0.2) is 61.4 Å². The Morgan fingerprint density at radius 3 is 2.17 bits per heavy atom. The lowest BCUT2D eigenvalue weighted by Gasteiger charge is -2.23. The molecule has 190 valence electrons. The van der Waals surface area contributed by atoms with Crippen LogP contribution in [0, 0.1) is 0 Å². The summed E-state index contributed by atoms with van der Waals surface area (Å²) in [6, 6.07) is 14.2. The second-order valence-corrected chi connectivity index (χ2v) is 10.0. The molecule has 0 spiro atoms. The number of amides is 2. The van der Waals surface area contributed by atoms with Gasteiger partial charge < -0.3 is 15.0 Å². The fourth-order valence-corrected chi connectivity index (χ4v) is 4.66. The quantitative estimate of drug-likeness (QED) is 0.547. The third-order valence-corrected chi connectivity index (χ3v) is 6.73. The van der Waals surface area contributed by atoms with Gasteiger partial charge in [-0.2, -0.15) is 0 Å². The minimum Gasteiger partial charge on any atom is -0.497 e. The molecule has 6 heteroatoms. The van der Waals surface area contributed by atoms with E-state index < -0.39 is 0 Å². The van der Waals surface area contributed by atoms with Gasteiger partial charge in [0, 0.05) is 38.3 Å². The zero-order chi connectivity index (χ0) is 25.4. The summed E-state index contributed by atoms with van der Waals surface area (Å²) in [6.45, 7) is 11.9. The minimum atomic E-state index is 0.0132. The van der Waals surface area contributed by atoms with Gasteiger partial charge in [-0.1, -0.05) is 58.0 Å². The number of anilines is 1. The molecule has 0 unspecified atom stereocenters. The van der Waals surface area contributed by atoms with Gasteiger partial charge in [0.1, 0.15) is 5.75 Å². The van der Waals surface area contributed by atoms with Crippen LogP contribution >= 0.6 is 0 Å². The van der Waals surface area contributed by atoms with Gasteiger partial charge in [0.2, 0.25) is 11.8 Å². The molecule has 6 nitrogen and oxygen atoms in total. The van der Waals surface area contributed by atoms with E-state index in [-0.39, 0.29) is 11.8 Å². The molecule has 2 aromatic carbocycles. The molecule has 0 aliphatic carbocycles. The van der Waals surface area contributed by atoms with Gasteiger partial charge in [0.05, 0.1) is 13.7 Å². The molecule has 0 aromatic heterocycles. The van der Waals surface area contributed by atoms with E-state index in [1.165, 1.54) is 11.1 Å². The summed E-state index contributed by atoms with van der Waals surface area (Å²) in [5, 5.41) is 3.22. The number of ether oxygens (including phenoxy) is 1. The molecule has 1 N–H and O–H groups in total. The smallest absolute Gasteiger partial charge is 0.238 e. The van der Waals surface area contributed by atoms with Gasteiger partial charge in [-0.3, -0.25) is 14.5 Å². The highest BCUT2D eigenvalue weighted by Crippen LogP contribution is 2.32. The Hall–Kier alpha value is -2.86. The van der Waals surface area contributed by atoms with Crippen LogP contribution in [0.3, 0.4) is 0 Å². The van der Waals surface area contributed by atoms with Crippen molar-refractivity contribution in [3.05, 3.63) is 59.2 Å². The van der Waals surface area contributed by atoms with Crippen LogP contribution in [0.5, 0.6) is 5.75 Å². The number of carbonyl (C=O) groups is 2. The number of para-hydroxylation sites is 1. The molecule has 1 heterocycles. The van der Waals surface area contributed by atoms with Crippen LogP contribution in [0.4, 0.5) is 5.69 Å². The molecule has 1 aliphatic rings. The Balaban J connectivity index is 1.52. The Bertz CT molecular complexity index is 959. The highest BCUT2D eigenvalue weighted by Gasteiger charge is 2.22. The van der Waals surface area contributed by atoms with E-state index in [0.717, 1.165) is 42.9 Å². The summed E-state index contributed by atoms with van der Waals surface area (Å²) in [7, 11) is 1.65. The Morgan fingerprint density at radius 2 is 1.57 bits per heavy atom. The molecule has 1 fully saturated rings. The van der Waals surface area contributed by atoms with Crippen molar-refractivity contribution in [1.29, 1.82) is 0 Å². The zero-order valence-corrected chi connectivity index (χ0v) is 22.0. The first-order valence-electron chi connectivity index (χ1n) is 12.8. The normalized spacial score (nSPS) is 14.8. The standard InChI is InChI=1S/C29H41N3O3/c1-21(2)25-8-6-9-26(22(3)4)29(25)30-27(33)20-31-16-7-17-32(19-18-31)28(34)15-12-23-10-13-24(35-5)14-11-23/h6,8-11,13-14,21-22H,7,12,15-20H2,1-5H3,(H,30,33). The number of hydrogen-bond donors (Lipinski definition) is 1. The third-order valence-electron chi connectivity index (χ3n) is 6.73. The predicted octanol–water partition coefficient (Wildman–Crippen LogP) is 5.05. The number of benzene rings is 2. The molecular weight excluding hydrogens is 438 g/mol. The largest absolute Gasteiger partial charge is 0.497 e. The number of aryl methyl sites for hydroxylation is 1. The average Bonchev–Trinajstić information content (AvgIpc) is 3.08. The summed E-state index contributed by atoms with van der Waals surface area (Å²) >= 11 is 0. The molecule has 0 saturated carbocycles. The molecule has 0 bridgehead atoms. The van der Waals surface area contributed by atoms with Gasteiger partial charge in [0.15, 0.2) is 0 Å². The van der Waals surface area contributed by atoms with Crippen LogP contribution in [-0.2, 0) is 16.0 Å². The van der Waals surface area contributed by atoms with Crippen LogP contribution in [0.15, 0.2) is 42.5 Å². The fraction of sp³-hybridized carbons (Fsp3) is 0.517. The van der Waals surface area contributed by atoms with Crippen molar-refractivity contribution in [2.75, 3.05) is 45.2 Å². The molecule has 1 saturated heterocycles. The van der Waals surface area contributed by atoms with Crippen LogP contribution in [0.1, 0.15) is 69.1 Å². The highest BCUT2D eigenvalue weighted by molar-refractivity contribution is 5.94. The maximum absolute atomic E-state index is 13.0. The number of nitrogens with one attached hydrogen (secondary N) is 1. The lowest BCUT2D eigenvalue weighted by Crippen LogP contribution is -2.38. The van der Waals surface area contributed by atoms with Crippen LogP contribution < -0.4 is 10.1 Å². The summed E-state index contributed by atoms with van der Waals surface area (Å²) in [5.74, 6) is 1.68. The van der Waals surface area contributed by atoms with Crippen molar-refractivity contribution in [2.24, 2.45) is 0 Å². The maximum atomic E-state index is 13.0. The number of rotatable bonds is 9. The number of carbonyl (C=O) groups excluding carboxylic acids is 2. The van der Waals surface area contributed by atoms with E-state index in [1.54, 1.807) is 7.11 Å². The van der Waals surface area contributed by atoms with Gasteiger partial charge >= 0.3 is 0 Å². The molecule has 35 heavy (non-hydrogen) atoms. The third kappa shape index (κ3) is 7.56. The SMILES string of the molecule is COc1ccc(CCC(=O)N2CCCN(CC(=O)Nc3c(C(C)C)cccc3C(C)C)CC2)cc1. The molecule has 0 atom stereocenters. The van der Waals surface area contributed by atoms with E-state index in [0.29, 0.717) is 37.9 Å². The van der Waals surface area contributed by atoms with Crippen LogP contribution in [0.2, 0.25) is 0 Å². The summed E-state index contributed by atoms with van der Waals surface area (Å²) in [5.41, 5.74) is 4.45. The maximum Gasteiger partial charge on any atom is 0.238 e. The van der Waals surface area contributed by atoms with Crippen molar-refractivity contribution in [1.82, 2.24) is 9.80 Å². The van der Waals surface area contributed by atoms with Gasteiger partial charge in [-0.05, 0) is 53.5 Å². The predicted molar refractivity (Wildman–Crippen MR) is 142 cm³/mol. The van der Waals surface area contributed by atoms with Crippen molar-refractivity contribution in [3.8, 4) is 5.75 Å². The van der Waals surface area contributed by atoms with E-state index in [1.807, 2.05) is 29.2 Å². The van der Waals surface area contributed by atoms with E-state index in [2.05, 4.69) is 56.1 Å². The van der Waals surface area contributed by atoms with Crippen molar-refractivity contribution < 1.29 is 14.3 Å². The second kappa shape index (κ2) is 12.7. The average molecular weight is 480 g/mol. The number of hydrogen-bond acceptors (Lipinski definition) is 4. The lowest BCUT2D eigenvalue weighted by atomic mass is 9.92. The first kappa shape index (κ1) is 26.7. The van der Waals surface area contributed by atoms with E-state index >= 15 is 0 Å². The van der Waals surface area contributed by atoms with Crippen molar-refractivity contribution in [2.45, 2.75) is 58.8 Å². The van der Waals surface area contributed by atoms with Gasteiger partial charge in [-0.25, -0.2) is 0 Å². The number of methoxy groups -OCH3 is 1. The Labute approximate surface area is 210 Å². The first-order chi connectivity index (χ1) is 16.8. The van der Waals surface area contributed by atoms with Crippen LogP contribution in [0.25, 0.3) is 0 Å². The lowest BCUT2D eigenvalue weighted by molar-refractivity contribution is -0.131. The van der Waals surface area contributed by atoms with Crippen molar-refractivity contribution >= 4 is 17.5 Å². The molecule has 2 amide bonds. The van der Waals surface area contributed by atoms with Gasteiger partial charge in [-0.15, -0.1) is 0 Å². The van der Waals surface area contributed by atoms with Gasteiger partial charge in [0.25, 0.3) is 0 Å². The molecule has 3 rings (SSSR count). The fourth-order valence-electron chi connectivity index (χ4n) is 4.66. The second-order valence-electron chi connectivity index (χ2n) is 10.0. The first-order valence-corrected chi connectivity index (χ1v) is 12.8. The van der Waals surface area contributed by atoms with E-state index in [9.17, 15) is 9.59 Å². The topological polar surface area (TPSA) is 61.9 Å². The zero-order valence-electron chi connectivity index (χ0n) is 22.0.